The molecule has 1 amide bonds. The highest BCUT2D eigenvalue weighted by molar-refractivity contribution is 5.91. The maximum absolute atomic E-state index is 12.4. The Bertz CT molecular complexity index is 528. The van der Waals surface area contributed by atoms with E-state index in [1.807, 2.05) is 0 Å². The topological polar surface area (TPSA) is 67.8 Å². The highest BCUT2D eigenvalue weighted by Crippen LogP contribution is 2.35. The second-order valence-electron chi connectivity index (χ2n) is 4.56. The van der Waals surface area contributed by atoms with Gasteiger partial charge in [-0.2, -0.15) is 13.2 Å². The predicted molar refractivity (Wildman–Crippen MR) is 62.5 cm³/mol. The highest BCUT2D eigenvalue weighted by Gasteiger charge is 2.50. The Morgan fingerprint density at radius 1 is 1.35 bits per heavy atom. The number of alkyl halides is 3. The number of hydrogen-bond acceptors (Lipinski definition) is 4. The van der Waals surface area contributed by atoms with Gasteiger partial charge in [-0.1, -0.05) is 0 Å². The van der Waals surface area contributed by atoms with Gasteiger partial charge in [-0.25, -0.2) is 0 Å². The van der Waals surface area contributed by atoms with E-state index in [1.54, 1.807) is 0 Å². The standard InChI is InChI=1S/C12H12F3NO4/c1-11(18,12(13,14)15)5-10(17)16-7-2-3-8-9(4-7)20-6-19-8/h2-4,18H,5-6H2,1H3,(H,16,17)/t11-/m0/s1. The first-order valence-corrected chi connectivity index (χ1v) is 5.68. The van der Waals surface area contributed by atoms with Crippen LogP contribution in [0.3, 0.4) is 0 Å². The van der Waals surface area contributed by atoms with Crippen LogP contribution in [-0.4, -0.2) is 29.6 Å². The Morgan fingerprint density at radius 2 is 2.00 bits per heavy atom. The molecule has 20 heavy (non-hydrogen) atoms. The van der Waals surface area contributed by atoms with Crippen molar-refractivity contribution in [3.8, 4) is 11.5 Å². The van der Waals surface area contributed by atoms with Gasteiger partial charge in [0.1, 0.15) is 0 Å². The summed E-state index contributed by atoms with van der Waals surface area (Å²) in [5.41, 5.74) is -2.81. The molecular formula is C12H12F3NO4. The Kier molecular flexibility index (Phi) is 3.51. The molecule has 0 aliphatic carbocycles. The van der Waals surface area contributed by atoms with Crippen LogP contribution in [0.25, 0.3) is 0 Å². The quantitative estimate of drug-likeness (QED) is 0.894. The Morgan fingerprint density at radius 3 is 2.65 bits per heavy atom. The van der Waals surface area contributed by atoms with E-state index in [0.717, 1.165) is 0 Å². The third kappa shape index (κ3) is 2.96. The minimum Gasteiger partial charge on any atom is -0.454 e. The van der Waals surface area contributed by atoms with Gasteiger partial charge in [-0.3, -0.25) is 4.79 Å². The molecule has 1 aliphatic rings. The number of halogens is 3. The molecule has 1 aromatic carbocycles. The highest BCUT2D eigenvalue weighted by atomic mass is 19.4. The van der Waals surface area contributed by atoms with Crippen molar-refractivity contribution >= 4 is 11.6 Å². The number of fused-ring (bicyclic) bond motifs is 1. The van der Waals surface area contributed by atoms with E-state index < -0.39 is 24.1 Å². The number of amides is 1. The van der Waals surface area contributed by atoms with Gasteiger partial charge in [-0.05, 0) is 19.1 Å². The number of aliphatic hydroxyl groups is 1. The molecule has 0 saturated heterocycles. The summed E-state index contributed by atoms with van der Waals surface area (Å²) in [6, 6.07) is 4.43. The van der Waals surface area contributed by atoms with Gasteiger partial charge in [0.15, 0.2) is 17.1 Å². The fourth-order valence-corrected chi connectivity index (χ4v) is 1.59. The molecule has 2 rings (SSSR count). The lowest BCUT2D eigenvalue weighted by molar-refractivity contribution is -0.252. The van der Waals surface area contributed by atoms with Crippen LogP contribution in [0.1, 0.15) is 13.3 Å². The number of rotatable bonds is 3. The molecule has 5 nitrogen and oxygen atoms in total. The molecular weight excluding hydrogens is 279 g/mol. The normalized spacial score (nSPS) is 16.6. The first-order valence-electron chi connectivity index (χ1n) is 5.68. The van der Waals surface area contributed by atoms with E-state index in [4.69, 9.17) is 9.47 Å². The molecule has 1 heterocycles. The summed E-state index contributed by atoms with van der Waals surface area (Å²) in [6.45, 7) is 0.599. The van der Waals surface area contributed by atoms with Crippen LogP contribution in [0, 0.1) is 0 Å². The molecule has 0 aromatic heterocycles. The van der Waals surface area contributed by atoms with Crippen molar-refractivity contribution in [3.05, 3.63) is 18.2 Å². The summed E-state index contributed by atoms with van der Waals surface area (Å²) in [4.78, 5) is 11.5. The van der Waals surface area contributed by atoms with E-state index >= 15 is 0 Å². The van der Waals surface area contributed by atoms with Gasteiger partial charge >= 0.3 is 6.18 Å². The average Bonchev–Trinajstić information content (AvgIpc) is 2.73. The number of carbonyl (C=O) groups is 1. The zero-order valence-corrected chi connectivity index (χ0v) is 10.5. The van der Waals surface area contributed by atoms with Crippen molar-refractivity contribution in [1.82, 2.24) is 0 Å². The largest absolute Gasteiger partial charge is 0.454 e. The summed E-state index contributed by atoms with van der Waals surface area (Å²) in [7, 11) is 0. The van der Waals surface area contributed by atoms with Crippen molar-refractivity contribution in [1.29, 1.82) is 0 Å². The number of anilines is 1. The SMILES string of the molecule is C[C@](O)(CC(=O)Nc1ccc2c(c1)OCO2)C(F)(F)F. The maximum atomic E-state index is 12.4. The van der Waals surface area contributed by atoms with Crippen LogP contribution >= 0.6 is 0 Å². The van der Waals surface area contributed by atoms with Gasteiger partial charge in [-0.15, -0.1) is 0 Å². The van der Waals surface area contributed by atoms with Gasteiger partial charge in [0.25, 0.3) is 0 Å². The van der Waals surface area contributed by atoms with Gasteiger partial charge in [0, 0.05) is 11.8 Å². The minimum absolute atomic E-state index is 0.0511. The van der Waals surface area contributed by atoms with Crippen molar-refractivity contribution < 1.29 is 32.5 Å². The molecule has 110 valence electrons. The monoisotopic (exact) mass is 291 g/mol. The second-order valence-corrected chi connectivity index (χ2v) is 4.56. The second kappa shape index (κ2) is 4.86. The number of carbonyl (C=O) groups excluding carboxylic acids is 1. The van der Waals surface area contributed by atoms with E-state index in [9.17, 15) is 23.1 Å². The number of benzene rings is 1. The lowest BCUT2D eigenvalue weighted by Crippen LogP contribution is -2.44. The molecule has 1 atom stereocenters. The van der Waals surface area contributed by atoms with Gasteiger partial charge in [0.05, 0.1) is 6.42 Å². The van der Waals surface area contributed by atoms with Crippen molar-refractivity contribution in [2.45, 2.75) is 25.1 Å². The lowest BCUT2D eigenvalue weighted by atomic mass is 10.0. The Balaban J connectivity index is 2.02. The fourth-order valence-electron chi connectivity index (χ4n) is 1.59. The van der Waals surface area contributed by atoms with Crippen molar-refractivity contribution in [2.24, 2.45) is 0 Å². The van der Waals surface area contributed by atoms with Gasteiger partial charge < -0.3 is 19.9 Å². The molecule has 1 aromatic rings. The molecule has 0 fully saturated rings. The van der Waals surface area contributed by atoms with E-state index in [-0.39, 0.29) is 12.5 Å². The first-order chi connectivity index (χ1) is 9.19. The minimum atomic E-state index is -4.88. The van der Waals surface area contributed by atoms with Crippen LogP contribution in [0.4, 0.5) is 18.9 Å². The molecule has 0 spiro atoms. The summed E-state index contributed by atoms with van der Waals surface area (Å²) >= 11 is 0. The van der Waals surface area contributed by atoms with Crippen molar-refractivity contribution in [3.63, 3.8) is 0 Å². The Hall–Kier alpha value is -1.96. The van der Waals surface area contributed by atoms with E-state index in [1.165, 1.54) is 18.2 Å². The summed E-state index contributed by atoms with van der Waals surface area (Å²) in [5, 5.41) is 11.5. The smallest absolute Gasteiger partial charge is 0.417 e. The maximum Gasteiger partial charge on any atom is 0.417 e. The molecule has 0 bridgehead atoms. The van der Waals surface area contributed by atoms with Gasteiger partial charge in [0.2, 0.25) is 12.7 Å². The molecule has 0 saturated carbocycles. The average molecular weight is 291 g/mol. The predicted octanol–water partition coefficient (Wildman–Crippen LogP) is 2.06. The Labute approximate surface area is 112 Å². The first kappa shape index (κ1) is 14.4. The van der Waals surface area contributed by atoms with Crippen LogP contribution in [0.2, 0.25) is 0 Å². The molecule has 0 unspecified atom stereocenters. The summed E-state index contributed by atoms with van der Waals surface area (Å²) < 4.78 is 47.5. The zero-order chi connectivity index (χ0) is 15.0. The molecule has 8 heteroatoms. The van der Waals surface area contributed by atoms with Crippen LogP contribution in [0.15, 0.2) is 18.2 Å². The van der Waals surface area contributed by atoms with Crippen LogP contribution < -0.4 is 14.8 Å². The van der Waals surface area contributed by atoms with Crippen LogP contribution in [-0.2, 0) is 4.79 Å². The van der Waals surface area contributed by atoms with Crippen LogP contribution in [0.5, 0.6) is 11.5 Å². The number of nitrogens with one attached hydrogen (secondary N) is 1. The third-order valence-electron chi connectivity index (χ3n) is 2.77. The van der Waals surface area contributed by atoms with E-state index in [2.05, 4.69) is 5.32 Å². The zero-order valence-electron chi connectivity index (χ0n) is 10.5. The summed E-state index contributed by atoms with van der Waals surface area (Å²) in [5.74, 6) is -0.0677. The third-order valence-corrected chi connectivity index (χ3v) is 2.77. The molecule has 2 N–H and O–H groups in total. The lowest BCUT2D eigenvalue weighted by Gasteiger charge is -2.25. The summed E-state index contributed by atoms with van der Waals surface area (Å²) in [6.07, 6.45) is -5.97. The molecule has 0 radical (unpaired) electrons. The number of ether oxygens (including phenoxy) is 2. The number of hydrogen-bond donors (Lipinski definition) is 2. The fraction of sp³-hybridized carbons (Fsp3) is 0.417. The molecule has 1 aliphatic heterocycles. The van der Waals surface area contributed by atoms with E-state index in [0.29, 0.717) is 18.4 Å². The van der Waals surface area contributed by atoms with Crippen molar-refractivity contribution in [2.75, 3.05) is 12.1 Å².